The molecule has 0 heterocycles. The second kappa shape index (κ2) is 13.7. The van der Waals surface area contributed by atoms with Gasteiger partial charge in [0.15, 0.2) is 0 Å². The Labute approximate surface area is 178 Å². The van der Waals surface area contributed by atoms with Gasteiger partial charge < -0.3 is 25.0 Å². The molecule has 0 saturated heterocycles. The zero-order valence-corrected chi connectivity index (χ0v) is 17.7. The van der Waals surface area contributed by atoms with Gasteiger partial charge in [0.1, 0.15) is 11.3 Å². The minimum absolute atomic E-state index is 0.0509. The third kappa shape index (κ3) is 8.53. The number of phenols is 1. The van der Waals surface area contributed by atoms with E-state index in [2.05, 4.69) is 34.3 Å². The number of methoxy groups -OCH3 is 1. The van der Waals surface area contributed by atoms with E-state index in [1.807, 2.05) is 6.07 Å². The van der Waals surface area contributed by atoms with Crippen molar-refractivity contribution >= 4 is 5.97 Å². The fraction of sp³-hybridized carbons (Fsp3) is 0.458. The summed E-state index contributed by atoms with van der Waals surface area (Å²) in [4.78, 5) is 11.6. The van der Waals surface area contributed by atoms with Crippen molar-refractivity contribution < 1.29 is 24.5 Å². The van der Waals surface area contributed by atoms with Gasteiger partial charge in [0.25, 0.3) is 0 Å². The Kier molecular flexibility index (Phi) is 10.9. The molecule has 2 aromatic rings. The first-order valence-corrected chi connectivity index (χ1v) is 10.5. The fourth-order valence-electron chi connectivity index (χ4n) is 3.13. The maximum Gasteiger partial charge on any atom is 0.341 e. The van der Waals surface area contributed by atoms with Crippen LogP contribution in [0.4, 0.5) is 0 Å². The molecular formula is C24H33NO5. The van der Waals surface area contributed by atoms with Crippen molar-refractivity contribution in [3.8, 4) is 5.75 Å². The molecule has 0 aromatic heterocycles. The average molecular weight is 416 g/mol. The highest BCUT2D eigenvalue weighted by Crippen LogP contribution is 2.23. The normalized spacial score (nSPS) is 11.9. The minimum atomic E-state index is -0.769. The van der Waals surface area contributed by atoms with Crippen LogP contribution in [0.25, 0.3) is 0 Å². The monoisotopic (exact) mass is 415 g/mol. The highest BCUT2D eigenvalue weighted by atomic mass is 16.5. The van der Waals surface area contributed by atoms with Crippen LogP contribution < -0.4 is 5.32 Å². The van der Waals surface area contributed by atoms with Crippen molar-refractivity contribution in [3.05, 3.63) is 65.2 Å². The molecule has 0 spiro atoms. The molecule has 6 nitrogen and oxygen atoms in total. The lowest BCUT2D eigenvalue weighted by Crippen LogP contribution is -2.23. The second-order valence-electron chi connectivity index (χ2n) is 7.25. The molecule has 0 amide bonds. The smallest absolute Gasteiger partial charge is 0.341 e. The minimum Gasteiger partial charge on any atom is -0.507 e. The maximum atomic E-state index is 11.6. The average Bonchev–Trinajstić information content (AvgIpc) is 2.77. The predicted molar refractivity (Wildman–Crippen MR) is 117 cm³/mol. The van der Waals surface area contributed by atoms with Gasteiger partial charge in [-0.3, -0.25) is 0 Å². The molecule has 0 aliphatic carbocycles. The molecule has 0 fully saturated rings. The van der Waals surface area contributed by atoms with E-state index < -0.39 is 12.1 Å². The molecular weight excluding hydrogens is 382 g/mol. The maximum absolute atomic E-state index is 11.6. The number of nitrogens with one attached hydrogen (secondary N) is 1. The molecule has 30 heavy (non-hydrogen) atoms. The lowest BCUT2D eigenvalue weighted by atomic mass is 10.0. The van der Waals surface area contributed by atoms with E-state index in [-0.39, 0.29) is 11.3 Å². The number of aliphatic hydroxyl groups is 1. The van der Waals surface area contributed by atoms with Crippen LogP contribution >= 0.6 is 0 Å². The van der Waals surface area contributed by atoms with Gasteiger partial charge >= 0.3 is 5.97 Å². The van der Waals surface area contributed by atoms with Gasteiger partial charge in [-0.1, -0.05) is 36.4 Å². The molecule has 6 heteroatoms. The first-order valence-electron chi connectivity index (χ1n) is 10.5. The van der Waals surface area contributed by atoms with Gasteiger partial charge in [0.2, 0.25) is 0 Å². The molecule has 1 atom stereocenters. The van der Waals surface area contributed by atoms with Gasteiger partial charge in [0, 0.05) is 19.8 Å². The number of carbonyl (C=O) groups is 1. The van der Waals surface area contributed by atoms with Gasteiger partial charge in [-0.05, 0) is 61.9 Å². The molecule has 2 rings (SSSR count). The summed E-state index contributed by atoms with van der Waals surface area (Å²) < 4.78 is 10.3. The highest BCUT2D eigenvalue weighted by molar-refractivity contribution is 5.92. The van der Waals surface area contributed by atoms with E-state index >= 15 is 0 Å². The number of ether oxygens (including phenoxy) is 2. The molecule has 3 N–H and O–H groups in total. The van der Waals surface area contributed by atoms with Crippen LogP contribution in [0.3, 0.4) is 0 Å². The van der Waals surface area contributed by atoms with E-state index in [1.54, 1.807) is 6.07 Å². The van der Waals surface area contributed by atoms with E-state index in [0.29, 0.717) is 12.1 Å². The Morgan fingerprint density at radius 2 is 1.77 bits per heavy atom. The summed E-state index contributed by atoms with van der Waals surface area (Å²) >= 11 is 0. The summed E-state index contributed by atoms with van der Waals surface area (Å²) in [5.41, 5.74) is 1.98. The van der Waals surface area contributed by atoms with Crippen molar-refractivity contribution in [2.24, 2.45) is 0 Å². The number of carbonyl (C=O) groups excluding carboxylic acids is 1. The second-order valence-corrected chi connectivity index (χ2v) is 7.25. The van der Waals surface area contributed by atoms with Crippen molar-refractivity contribution in [1.82, 2.24) is 5.32 Å². The Morgan fingerprint density at radius 1 is 1.03 bits per heavy atom. The Balaban J connectivity index is 1.50. The molecule has 0 bridgehead atoms. The largest absolute Gasteiger partial charge is 0.507 e. The SMILES string of the molecule is COC(=O)c1cc([C@H](O)CNCCCCOCCCCc2ccccc2)ccc1O. The fourth-order valence-corrected chi connectivity index (χ4v) is 3.13. The van der Waals surface area contributed by atoms with Gasteiger partial charge in [-0.25, -0.2) is 4.79 Å². The van der Waals surface area contributed by atoms with Crippen LogP contribution in [0.1, 0.15) is 53.3 Å². The third-order valence-electron chi connectivity index (χ3n) is 4.89. The van der Waals surface area contributed by atoms with Crippen molar-refractivity contribution in [1.29, 1.82) is 0 Å². The Hall–Kier alpha value is -2.41. The van der Waals surface area contributed by atoms with Crippen LogP contribution in [0.5, 0.6) is 5.75 Å². The summed E-state index contributed by atoms with van der Waals surface area (Å²) in [5.74, 6) is -0.791. The van der Waals surface area contributed by atoms with Gasteiger partial charge in [0.05, 0.1) is 13.2 Å². The number of aryl methyl sites for hydroxylation is 1. The standard InChI is InChI=1S/C24H33NO5/c1-29-24(28)21-17-20(12-13-22(21)26)23(27)18-25-14-6-8-16-30-15-7-5-11-19-9-3-2-4-10-19/h2-4,9-10,12-13,17,23,25-27H,5-8,11,14-16,18H2,1H3/t23-/m1/s1. The van der Waals surface area contributed by atoms with Crippen LogP contribution in [0, 0.1) is 0 Å². The number of aliphatic hydroxyl groups excluding tert-OH is 1. The molecule has 0 unspecified atom stereocenters. The van der Waals surface area contributed by atoms with Gasteiger partial charge in [-0.15, -0.1) is 0 Å². The van der Waals surface area contributed by atoms with Crippen LogP contribution in [-0.2, 0) is 15.9 Å². The van der Waals surface area contributed by atoms with E-state index in [0.717, 1.165) is 51.9 Å². The number of benzene rings is 2. The molecule has 0 aliphatic heterocycles. The first kappa shape index (κ1) is 23.9. The summed E-state index contributed by atoms with van der Waals surface area (Å²) in [6.07, 6.45) is 4.46. The van der Waals surface area contributed by atoms with Crippen LogP contribution in [-0.4, -0.2) is 49.6 Å². The topological polar surface area (TPSA) is 88.0 Å². The zero-order chi connectivity index (χ0) is 21.6. The van der Waals surface area contributed by atoms with Crippen LogP contribution in [0.2, 0.25) is 0 Å². The van der Waals surface area contributed by atoms with E-state index in [9.17, 15) is 15.0 Å². The number of unbranched alkanes of at least 4 members (excludes halogenated alkanes) is 2. The van der Waals surface area contributed by atoms with Crippen LogP contribution in [0.15, 0.2) is 48.5 Å². The van der Waals surface area contributed by atoms with Crippen molar-refractivity contribution in [2.45, 2.75) is 38.2 Å². The third-order valence-corrected chi connectivity index (χ3v) is 4.89. The van der Waals surface area contributed by atoms with Gasteiger partial charge in [-0.2, -0.15) is 0 Å². The number of aromatic hydroxyl groups is 1. The first-order chi connectivity index (χ1) is 14.6. The lowest BCUT2D eigenvalue weighted by molar-refractivity contribution is 0.0597. The molecule has 2 aromatic carbocycles. The molecule has 164 valence electrons. The molecule has 0 saturated carbocycles. The van der Waals surface area contributed by atoms with Crippen molar-refractivity contribution in [2.75, 3.05) is 33.4 Å². The summed E-state index contributed by atoms with van der Waals surface area (Å²) in [6.45, 7) is 2.68. The summed E-state index contributed by atoms with van der Waals surface area (Å²) in [6, 6.07) is 14.9. The highest BCUT2D eigenvalue weighted by Gasteiger charge is 2.15. The lowest BCUT2D eigenvalue weighted by Gasteiger charge is -2.14. The number of phenolic OH excluding ortho intramolecular Hbond substituents is 1. The number of hydrogen-bond acceptors (Lipinski definition) is 6. The Morgan fingerprint density at radius 3 is 2.50 bits per heavy atom. The zero-order valence-electron chi connectivity index (χ0n) is 17.7. The number of esters is 1. The summed E-state index contributed by atoms with van der Waals surface area (Å²) in [7, 11) is 1.25. The van der Waals surface area contributed by atoms with E-state index in [4.69, 9.17) is 4.74 Å². The number of hydrogen-bond donors (Lipinski definition) is 3. The Bertz CT molecular complexity index is 751. The van der Waals surface area contributed by atoms with E-state index in [1.165, 1.54) is 24.8 Å². The summed E-state index contributed by atoms with van der Waals surface area (Å²) in [5, 5.41) is 23.2. The molecule has 0 aliphatic rings. The number of rotatable bonds is 14. The molecule has 0 radical (unpaired) electrons. The quantitative estimate of drug-likeness (QED) is 0.323. The van der Waals surface area contributed by atoms with Crippen molar-refractivity contribution in [3.63, 3.8) is 0 Å². The predicted octanol–water partition coefficient (Wildman–Crippen LogP) is 3.62.